The lowest BCUT2D eigenvalue weighted by Crippen LogP contribution is -1.92. The number of nitrogens with zero attached hydrogens (tertiary/aromatic N) is 3. The fourth-order valence-electron chi connectivity index (χ4n) is 5.11. The van der Waals surface area contributed by atoms with E-state index in [0.717, 1.165) is 11.0 Å². The third-order valence-corrected chi connectivity index (χ3v) is 8.70. The molecule has 31 heavy (non-hydrogen) atoms. The molecule has 0 aliphatic carbocycles. The minimum absolute atomic E-state index is 0.966. The van der Waals surface area contributed by atoms with Crippen LogP contribution >= 0.6 is 22.7 Å². The van der Waals surface area contributed by atoms with Crippen molar-refractivity contribution >= 4 is 90.3 Å². The highest BCUT2D eigenvalue weighted by Gasteiger charge is 2.22. The van der Waals surface area contributed by atoms with E-state index in [1.807, 2.05) is 41.3 Å². The number of fused-ring (bicyclic) bond motifs is 15. The zero-order chi connectivity index (χ0) is 20.1. The molecule has 0 unspecified atom stereocenters. The van der Waals surface area contributed by atoms with Gasteiger partial charge < -0.3 is 0 Å². The molecule has 0 N–H and O–H groups in total. The molecule has 0 aliphatic heterocycles. The molecule has 0 spiro atoms. The van der Waals surface area contributed by atoms with Gasteiger partial charge in [0.2, 0.25) is 0 Å². The second-order valence-corrected chi connectivity index (χ2v) is 9.97. The van der Waals surface area contributed by atoms with Gasteiger partial charge in [-0.2, -0.15) is 0 Å². The third kappa shape index (κ3) is 1.89. The number of imidazole rings is 1. The molecule has 0 saturated heterocycles. The van der Waals surface area contributed by atoms with Gasteiger partial charge in [-0.25, -0.2) is 4.98 Å². The van der Waals surface area contributed by atoms with Crippen molar-refractivity contribution in [3.63, 3.8) is 0 Å². The number of aromatic nitrogens is 3. The molecule has 3 nitrogen and oxygen atoms in total. The zero-order valence-corrected chi connectivity index (χ0v) is 17.8. The summed E-state index contributed by atoms with van der Waals surface area (Å²) in [6, 6.07) is 19.7. The maximum Gasteiger partial charge on any atom is 0.146 e. The molecule has 0 radical (unpaired) electrons. The van der Waals surface area contributed by atoms with Crippen LogP contribution in [0.15, 0.2) is 79.4 Å². The van der Waals surface area contributed by atoms with Crippen molar-refractivity contribution in [2.75, 3.05) is 0 Å². The second-order valence-electron chi connectivity index (χ2n) is 7.87. The van der Waals surface area contributed by atoms with E-state index in [1.54, 1.807) is 0 Å². The number of pyridine rings is 2. The van der Waals surface area contributed by atoms with Gasteiger partial charge in [0.05, 0.1) is 10.2 Å². The summed E-state index contributed by atoms with van der Waals surface area (Å²) in [5.41, 5.74) is 2.21. The standard InChI is InChI=1S/C26H13N3S2/c1-3-7-18-15(5-1)21-20-14-9-10-27-13-17(14)26-28-11-12-29(26)23(20)25-22(24(21)30-18)16-6-2-4-8-19(16)31-25/h1-13H. The van der Waals surface area contributed by atoms with Gasteiger partial charge in [0.15, 0.2) is 0 Å². The molecule has 0 atom stereocenters. The predicted octanol–water partition coefficient (Wildman–Crippen LogP) is 7.77. The number of rotatable bonds is 0. The van der Waals surface area contributed by atoms with E-state index in [2.05, 4.69) is 70.2 Å². The van der Waals surface area contributed by atoms with Gasteiger partial charge in [-0.05, 0) is 23.6 Å². The summed E-state index contributed by atoms with van der Waals surface area (Å²) in [5.74, 6) is 0. The van der Waals surface area contributed by atoms with Crippen molar-refractivity contribution in [3.05, 3.63) is 79.4 Å². The molecule has 144 valence electrons. The van der Waals surface area contributed by atoms with Crippen LogP contribution in [0.5, 0.6) is 0 Å². The highest BCUT2D eigenvalue weighted by molar-refractivity contribution is 7.30. The SMILES string of the molecule is c1ccc2c(c1)sc1c2c2sc3ccccc3c2c2c3ccncc3c3nccn3c12. The van der Waals surface area contributed by atoms with Crippen LogP contribution in [-0.4, -0.2) is 14.4 Å². The summed E-state index contributed by atoms with van der Waals surface area (Å²) in [4.78, 5) is 9.15. The Bertz CT molecular complexity index is 2010. The quantitative estimate of drug-likeness (QED) is 0.230. The van der Waals surface area contributed by atoms with Gasteiger partial charge in [-0.3, -0.25) is 9.38 Å². The predicted molar refractivity (Wildman–Crippen MR) is 134 cm³/mol. The number of hydrogen-bond acceptors (Lipinski definition) is 4. The van der Waals surface area contributed by atoms with Crippen molar-refractivity contribution in [3.8, 4) is 0 Å². The van der Waals surface area contributed by atoms with Gasteiger partial charge in [-0.15, -0.1) is 22.7 Å². The normalized spacial score (nSPS) is 12.5. The molecular weight excluding hydrogens is 418 g/mol. The Morgan fingerprint density at radius 1 is 0.645 bits per heavy atom. The Morgan fingerprint density at radius 3 is 2.23 bits per heavy atom. The van der Waals surface area contributed by atoms with Crippen LogP contribution in [0.2, 0.25) is 0 Å². The highest BCUT2D eigenvalue weighted by atomic mass is 32.1. The maximum atomic E-state index is 4.72. The van der Waals surface area contributed by atoms with Crippen molar-refractivity contribution < 1.29 is 0 Å². The topological polar surface area (TPSA) is 30.2 Å². The van der Waals surface area contributed by atoms with Crippen molar-refractivity contribution in [1.29, 1.82) is 0 Å². The fourth-order valence-corrected chi connectivity index (χ4v) is 7.70. The molecule has 0 bridgehead atoms. The average molecular weight is 432 g/mol. The summed E-state index contributed by atoms with van der Waals surface area (Å²) in [6.45, 7) is 0. The van der Waals surface area contributed by atoms with Crippen molar-refractivity contribution in [2.45, 2.75) is 0 Å². The van der Waals surface area contributed by atoms with Crippen molar-refractivity contribution in [1.82, 2.24) is 14.4 Å². The molecule has 0 aliphatic rings. The third-order valence-electron chi connectivity index (χ3n) is 6.33. The smallest absolute Gasteiger partial charge is 0.146 e. The number of benzene rings is 3. The largest absolute Gasteiger partial charge is 0.298 e. The van der Waals surface area contributed by atoms with Crippen LogP contribution in [-0.2, 0) is 0 Å². The van der Waals surface area contributed by atoms with E-state index in [-0.39, 0.29) is 0 Å². The summed E-state index contributed by atoms with van der Waals surface area (Å²) < 4.78 is 7.63. The minimum atomic E-state index is 0.966. The van der Waals surface area contributed by atoms with E-state index >= 15 is 0 Å². The molecule has 8 rings (SSSR count). The van der Waals surface area contributed by atoms with E-state index in [1.165, 1.54) is 56.6 Å². The first kappa shape index (κ1) is 16.2. The number of hydrogen-bond donors (Lipinski definition) is 0. The Balaban J connectivity index is 1.88. The molecule has 3 aromatic carbocycles. The van der Waals surface area contributed by atoms with Gasteiger partial charge in [0.1, 0.15) is 5.65 Å². The maximum absolute atomic E-state index is 4.72. The van der Waals surface area contributed by atoms with Crippen LogP contribution < -0.4 is 0 Å². The lowest BCUT2D eigenvalue weighted by molar-refractivity contribution is 1.27. The van der Waals surface area contributed by atoms with Crippen LogP contribution in [0.4, 0.5) is 0 Å². The first-order valence-electron chi connectivity index (χ1n) is 10.2. The second kappa shape index (κ2) is 5.58. The van der Waals surface area contributed by atoms with Crippen LogP contribution in [0.3, 0.4) is 0 Å². The Kier molecular flexibility index (Phi) is 2.91. The van der Waals surface area contributed by atoms with Gasteiger partial charge in [0.25, 0.3) is 0 Å². The van der Waals surface area contributed by atoms with E-state index < -0.39 is 0 Å². The van der Waals surface area contributed by atoms with Gasteiger partial charge >= 0.3 is 0 Å². The molecule has 5 heterocycles. The summed E-state index contributed by atoms with van der Waals surface area (Å²) in [6.07, 6.45) is 7.84. The monoisotopic (exact) mass is 431 g/mol. The van der Waals surface area contributed by atoms with Crippen LogP contribution in [0, 0.1) is 0 Å². The minimum Gasteiger partial charge on any atom is -0.298 e. The first-order chi connectivity index (χ1) is 15.4. The summed E-state index contributed by atoms with van der Waals surface area (Å²) in [7, 11) is 0. The van der Waals surface area contributed by atoms with Crippen molar-refractivity contribution in [2.24, 2.45) is 0 Å². The Hall–Kier alpha value is -3.54. The lowest BCUT2D eigenvalue weighted by Gasteiger charge is -2.11. The zero-order valence-electron chi connectivity index (χ0n) is 16.2. The highest BCUT2D eigenvalue weighted by Crippen LogP contribution is 2.50. The summed E-state index contributed by atoms with van der Waals surface area (Å²) in [5, 5.41) is 8.99. The molecule has 5 heteroatoms. The summed E-state index contributed by atoms with van der Waals surface area (Å²) >= 11 is 3.79. The lowest BCUT2D eigenvalue weighted by atomic mass is 9.99. The van der Waals surface area contributed by atoms with E-state index in [4.69, 9.17) is 4.98 Å². The van der Waals surface area contributed by atoms with Gasteiger partial charge in [-0.1, -0.05) is 36.4 Å². The van der Waals surface area contributed by atoms with Crippen LogP contribution in [0.25, 0.3) is 67.7 Å². The fraction of sp³-hybridized carbons (Fsp3) is 0. The molecular formula is C26H13N3S2. The molecule has 0 saturated carbocycles. The molecule has 0 fully saturated rings. The molecule has 5 aromatic heterocycles. The first-order valence-corrected chi connectivity index (χ1v) is 11.8. The average Bonchev–Trinajstić information content (AvgIpc) is 3.53. The molecule has 0 amide bonds. The Morgan fingerprint density at radius 2 is 1.39 bits per heavy atom. The van der Waals surface area contributed by atoms with E-state index in [9.17, 15) is 0 Å². The number of thiophene rings is 2. The Labute approximate surface area is 183 Å². The van der Waals surface area contributed by atoms with Crippen LogP contribution in [0.1, 0.15) is 0 Å². The molecule has 8 aromatic rings. The van der Waals surface area contributed by atoms with E-state index in [0.29, 0.717) is 0 Å². The van der Waals surface area contributed by atoms with Gasteiger partial charge in [0, 0.05) is 71.2 Å².